The third-order valence-corrected chi connectivity index (χ3v) is 3.04. The van der Waals surface area contributed by atoms with E-state index in [1.807, 2.05) is 0 Å². The van der Waals surface area contributed by atoms with E-state index in [0.717, 1.165) is 0 Å². The molecule has 0 spiro atoms. The lowest BCUT2D eigenvalue weighted by Crippen LogP contribution is -2.20. The van der Waals surface area contributed by atoms with Gasteiger partial charge in [-0.3, -0.25) is 10.2 Å². The molecule has 0 atom stereocenters. The number of nitrogens with one attached hydrogen (secondary N) is 2. The summed E-state index contributed by atoms with van der Waals surface area (Å²) in [6.07, 6.45) is 0. The van der Waals surface area contributed by atoms with Crippen molar-refractivity contribution in [1.82, 2.24) is 0 Å². The first-order chi connectivity index (χ1) is 11.9. The summed E-state index contributed by atoms with van der Waals surface area (Å²) in [5, 5.41) is 18.5. The molecule has 0 aliphatic heterocycles. The highest BCUT2D eigenvalue weighted by molar-refractivity contribution is 5.95. The van der Waals surface area contributed by atoms with E-state index in [2.05, 4.69) is 5.32 Å². The Morgan fingerprint density at radius 1 is 0.960 bits per heavy atom. The summed E-state index contributed by atoms with van der Waals surface area (Å²) in [7, 11) is 0. The maximum absolute atomic E-state index is 11.9. The van der Waals surface area contributed by atoms with E-state index < -0.39 is 12.6 Å². The fraction of sp³-hybridized carbons (Fsp3) is 0.118. The Morgan fingerprint density at radius 3 is 2.00 bits per heavy atom. The van der Waals surface area contributed by atoms with E-state index >= 15 is 0 Å². The van der Waals surface area contributed by atoms with Gasteiger partial charge >= 0.3 is 5.97 Å². The number of hydrogen-bond acceptors (Lipinski definition) is 5. The molecular weight excluding hydrogens is 326 g/mol. The van der Waals surface area contributed by atoms with Crippen LogP contribution >= 0.6 is 0 Å². The van der Waals surface area contributed by atoms with Crippen molar-refractivity contribution in [2.24, 2.45) is 5.73 Å². The van der Waals surface area contributed by atoms with Gasteiger partial charge in [-0.15, -0.1) is 0 Å². The van der Waals surface area contributed by atoms with Crippen LogP contribution in [0.5, 0.6) is 11.5 Å². The fourth-order valence-electron chi connectivity index (χ4n) is 1.86. The second kappa shape index (κ2) is 8.34. The Labute approximate surface area is 143 Å². The zero-order chi connectivity index (χ0) is 18.2. The van der Waals surface area contributed by atoms with Gasteiger partial charge in [0.2, 0.25) is 0 Å². The third-order valence-electron chi connectivity index (χ3n) is 3.04. The lowest BCUT2D eigenvalue weighted by molar-refractivity contribution is -0.139. The second-order valence-corrected chi connectivity index (χ2v) is 4.98. The fourth-order valence-corrected chi connectivity index (χ4v) is 1.86. The average molecular weight is 343 g/mol. The number of carbonyl (C=O) groups excluding carboxylic acids is 1. The minimum absolute atomic E-state index is 0.0416. The molecule has 0 bridgehead atoms. The summed E-state index contributed by atoms with van der Waals surface area (Å²) >= 11 is 0. The van der Waals surface area contributed by atoms with Crippen LogP contribution in [0.4, 0.5) is 5.69 Å². The number of carboxylic acids is 1. The van der Waals surface area contributed by atoms with Gasteiger partial charge in [-0.2, -0.15) is 0 Å². The van der Waals surface area contributed by atoms with Crippen molar-refractivity contribution in [3.63, 3.8) is 0 Å². The van der Waals surface area contributed by atoms with Gasteiger partial charge in [0, 0.05) is 11.3 Å². The van der Waals surface area contributed by atoms with Crippen LogP contribution in [0.1, 0.15) is 5.56 Å². The maximum Gasteiger partial charge on any atom is 0.341 e. The van der Waals surface area contributed by atoms with Crippen molar-refractivity contribution < 1.29 is 24.2 Å². The summed E-state index contributed by atoms with van der Waals surface area (Å²) in [6, 6.07) is 12.8. The molecule has 1 amide bonds. The second-order valence-electron chi connectivity index (χ2n) is 4.98. The Hall–Kier alpha value is -3.55. The van der Waals surface area contributed by atoms with Gasteiger partial charge in [0.1, 0.15) is 17.3 Å². The van der Waals surface area contributed by atoms with E-state index in [0.29, 0.717) is 22.7 Å². The predicted octanol–water partition coefficient (Wildman–Crippen LogP) is 1.45. The quantitative estimate of drug-likeness (QED) is 0.423. The van der Waals surface area contributed by atoms with Crippen molar-refractivity contribution in [3.8, 4) is 11.5 Å². The number of nitrogen functional groups attached to an aromatic ring is 1. The van der Waals surface area contributed by atoms with Crippen molar-refractivity contribution in [2.75, 3.05) is 18.5 Å². The van der Waals surface area contributed by atoms with Crippen molar-refractivity contribution in [2.45, 2.75) is 0 Å². The molecular formula is C17H17N3O5. The molecule has 8 nitrogen and oxygen atoms in total. The Balaban J connectivity index is 1.81. The number of carboxylic acid groups (broad SMARTS) is 1. The van der Waals surface area contributed by atoms with Crippen LogP contribution in [0, 0.1) is 5.41 Å². The molecule has 0 aliphatic rings. The molecule has 0 fully saturated rings. The molecule has 0 aromatic heterocycles. The van der Waals surface area contributed by atoms with Crippen LogP contribution in [0.25, 0.3) is 0 Å². The van der Waals surface area contributed by atoms with Gasteiger partial charge in [-0.25, -0.2) is 4.79 Å². The summed E-state index contributed by atoms with van der Waals surface area (Å²) < 4.78 is 10.3. The third kappa shape index (κ3) is 5.87. The number of aliphatic carboxylic acids is 1. The van der Waals surface area contributed by atoms with Crippen LogP contribution < -0.4 is 20.5 Å². The molecule has 0 aliphatic carbocycles. The number of benzene rings is 2. The van der Waals surface area contributed by atoms with Crippen LogP contribution in [0.3, 0.4) is 0 Å². The molecule has 2 aromatic carbocycles. The molecule has 0 heterocycles. The normalized spacial score (nSPS) is 9.92. The van der Waals surface area contributed by atoms with Crippen molar-refractivity contribution in [1.29, 1.82) is 5.41 Å². The highest BCUT2D eigenvalue weighted by Crippen LogP contribution is 2.16. The molecule has 8 heteroatoms. The Morgan fingerprint density at radius 2 is 1.48 bits per heavy atom. The molecule has 2 rings (SSSR count). The smallest absolute Gasteiger partial charge is 0.341 e. The Bertz CT molecular complexity index is 757. The van der Waals surface area contributed by atoms with E-state index in [1.54, 1.807) is 48.5 Å². The zero-order valence-electron chi connectivity index (χ0n) is 13.2. The zero-order valence-corrected chi connectivity index (χ0v) is 13.2. The minimum atomic E-state index is -1.06. The predicted molar refractivity (Wildman–Crippen MR) is 91.2 cm³/mol. The monoisotopic (exact) mass is 343 g/mol. The lowest BCUT2D eigenvalue weighted by Gasteiger charge is -2.09. The van der Waals surface area contributed by atoms with Gasteiger partial charge in [0.05, 0.1) is 0 Å². The number of rotatable bonds is 8. The van der Waals surface area contributed by atoms with E-state index in [9.17, 15) is 9.59 Å². The molecule has 2 aromatic rings. The summed E-state index contributed by atoms with van der Waals surface area (Å²) in [4.78, 5) is 22.3. The molecule has 0 saturated carbocycles. The summed E-state index contributed by atoms with van der Waals surface area (Å²) in [6.45, 7) is -0.612. The minimum Gasteiger partial charge on any atom is -0.484 e. The Kier molecular flexibility index (Phi) is 5.94. The highest BCUT2D eigenvalue weighted by Gasteiger charge is 2.05. The molecule has 0 saturated heterocycles. The number of hydrogen-bond donors (Lipinski definition) is 4. The molecule has 0 unspecified atom stereocenters. The van der Waals surface area contributed by atoms with Gasteiger partial charge < -0.3 is 25.6 Å². The number of ether oxygens (including phenoxy) is 2. The highest BCUT2D eigenvalue weighted by atomic mass is 16.5. The number of amidine groups is 1. The average Bonchev–Trinajstić information content (AvgIpc) is 2.59. The van der Waals surface area contributed by atoms with Crippen LogP contribution in [0.2, 0.25) is 0 Å². The van der Waals surface area contributed by atoms with Gasteiger partial charge in [0.25, 0.3) is 5.91 Å². The van der Waals surface area contributed by atoms with Gasteiger partial charge in [-0.1, -0.05) is 0 Å². The number of amides is 1. The lowest BCUT2D eigenvalue weighted by atomic mass is 10.2. The first-order valence-corrected chi connectivity index (χ1v) is 7.26. The number of anilines is 1. The first kappa shape index (κ1) is 17.8. The van der Waals surface area contributed by atoms with Crippen LogP contribution in [0.15, 0.2) is 48.5 Å². The van der Waals surface area contributed by atoms with Crippen LogP contribution in [-0.4, -0.2) is 36.0 Å². The van der Waals surface area contributed by atoms with E-state index in [4.69, 9.17) is 25.7 Å². The SMILES string of the molecule is N=C(N)c1ccc(OCC(=O)Nc2ccc(OCC(=O)O)cc2)cc1. The summed E-state index contributed by atoms with van der Waals surface area (Å²) in [5.74, 6) is -0.583. The van der Waals surface area contributed by atoms with Crippen molar-refractivity contribution >= 4 is 23.4 Å². The summed E-state index contributed by atoms with van der Waals surface area (Å²) in [5.41, 5.74) is 6.46. The largest absolute Gasteiger partial charge is 0.484 e. The van der Waals surface area contributed by atoms with Gasteiger partial charge in [-0.05, 0) is 48.5 Å². The van der Waals surface area contributed by atoms with E-state index in [-0.39, 0.29) is 18.3 Å². The number of carbonyl (C=O) groups is 2. The first-order valence-electron chi connectivity index (χ1n) is 7.26. The van der Waals surface area contributed by atoms with Crippen molar-refractivity contribution in [3.05, 3.63) is 54.1 Å². The van der Waals surface area contributed by atoms with Crippen LogP contribution in [-0.2, 0) is 9.59 Å². The molecule has 5 N–H and O–H groups in total. The topological polar surface area (TPSA) is 135 Å². The number of nitrogens with two attached hydrogens (primary N) is 1. The maximum atomic E-state index is 11.9. The molecule has 130 valence electrons. The molecule has 0 radical (unpaired) electrons. The standard InChI is InChI=1S/C17H17N3O5/c18-17(19)11-1-5-13(6-2-11)24-9-15(21)20-12-3-7-14(8-4-12)25-10-16(22)23/h1-8H,9-10H2,(H3,18,19)(H,20,21)(H,22,23). The van der Waals surface area contributed by atoms with Gasteiger partial charge in [0.15, 0.2) is 13.2 Å². The molecule has 25 heavy (non-hydrogen) atoms. The van der Waals surface area contributed by atoms with E-state index in [1.165, 1.54) is 0 Å².